The molecule has 6 heteroatoms. The van der Waals surface area contributed by atoms with Gasteiger partial charge in [0.25, 0.3) is 0 Å². The molecule has 0 rings (SSSR count). The molecule has 0 aliphatic carbocycles. The Balaban J connectivity index is 3.11. The largest absolute Gasteiger partial charge is 0.463 e. The first-order valence-corrected chi connectivity index (χ1v) is 16.8. The fraction of sp³-hybridized carbons (Fsp3) is 0.970. The molecule has 0 fully saturated rings. The van der Waals surface area contributed by atoms with Crippen molar-refractivity contribution in [3.8, 4) is 0 Å². The van der Waals surface area contributed by atoms with Crippen molar-refractivity contribution in [1.29, 1.82) is 0 Å². The van der Waals surface area contributed by atoms with Crippen molar-refractivity contribution < 1.29 is 28.5 Å². The van der Waals surface area contributed by atoms with E-state index < -0.39 is 0 Å². The number of rotatable bonds is 34. The van der Waals surface area contributed by atoms with Crippen LogP contribution in [0.5, 0.6) is 0 Å². The second kappa shape index (κ2) is 35.3. The van der Waals surface area contributed by atoms with Crippen LogP contribution in [-0.2, 0) is 28.5 Å². The van der Waals surface area contributed by atoms with E-state index in [9.17, 15) is 4.79 Å². The van der Waals surface area contributed by atoms with Crippen LogP contribution in [0, 0.1) is 0 Å². The highest BCUT2D eigenvalue weighted by molar-refractivity contribution is 5.69. The molecule has 0 aromatic heterocycles. The molecule has 0 atom stereocenters. The topological polar surface area (TPSA) is 63.2 Å². The summed E-state index contributed by atoms with van der Waals surface area (Å²) in [4.78, 5) is 11.7. The van der Waals surface area contributed by atoms with E-state index in [2.05, 4.69) is 13.8 Å². The molecule has 0 N–H and O–H groups in total. The van der Waals surface area contributed by atoms with Crippen molar-refractivity contribution in [3.63, 3.8) is 0 Å². The summed E-state index contributed by atoms with van der Waals surface area (Å²) in [5.41, 5.74) is 0. The summed E-state index contributed by atoms with van der Waals surface area (Å²) in [6, 6.07) is 0. The molecule has 0 aliphatic rings. The van der Waals surface area contributed by atoms with Crippen LogP contribution in [0.4, 0.5) is 0 Å². The van der Waals surface area contributed by atoms with Gasteiger partial charge in [-0.15, -0.1) is 0 Å². The smallest absolute Gasteiger partial charge is 0.305 e. The average Bonchev–Trinajstić information content (AvgIpc) is 2.94. The molecule has 0 saturated carbocycles. The zero-order chi connectivity index (χ0) is 28.3. The first-order valence-electron chi connectivity index (χ1n) is 16.8. The van der Waals surface area contributed by atoms with Crippen LogP contribution >= 0.6 is 0 Å². The number of ether oxygens (including phenoxy) is 5. The van der Waals surface area contributed by atoms with Crippen molar-refractivity contribution in [1.82, 2.24) is 0 Å². The second-order valence-electron chi connectivity index (χ2n) is 10.8. The fourth-order valence-corrected chi connectivity index (χ4v) is 4.50. The van der Waals surface area contributed by atoms with Crippen LogP contribution in [0.1, 0.15) is 149 Å². The summed E-state index contributed by atoms with van der Waals surface area (Å²) in [5.74, 6) is -0.113. The zero-order valence-corrected chi connectivity index (χ0v) is 26.2. The SMILES string of the molecule is CCCCCCCCCCCCCOCCOCCOCCOCCOC(=O)CCCCCCCCCCC. The predicted octanol–water partition coefficient (Wildman–Crippen LogP) is 8.83. The summed E-state index contributed by atoms with van der Waals surface area (Å²) < 4.78 is 27.4. The van der Waals surface area contributed by atoms with Crippen molar-refractivity contribution >= 4 is 5.97 Å². The van der Waals surface area contributed by atoms with Crippen LogP contribution < -0.4 is 0 Å². The van der Waals surface area contributed by atoms with Crippen LogP contribution in [0.25, 0.3) is 0 Å². The molecular weight excluding hydrogens is 492 g/mol. The third-order valence-corrected chi connectivity index (χ3v) is 6.98. The van der Waals surface area contributed by atoms with Crippen molar-refractivity contribution in [2.75, 3.05) is 59.5 Å². The Morgan fingerprint density at radius 2 is 0.667 bits per heavy atom. The van der Waals surface area contributed by atoms with Gasteiger partial charge in [0.1, 0.15) is 6.61 Å². The molecule has 6 nitrogen and oxygen atoms in total. The van der Waals surface area contributed by atoms with Crippen molar-refractivity contribution in [2.45, 2.75) is 149 Å². The number of hydrogen-bond acceptors (Lipinski definition) is 6. The highest BCUT2D eigenvalue weighted by Crippen LogP contribution is 2.12. The maximum Gasteiger partial charge on any atom is 0.305 e. The van der Waals surface area contributed by atoms with Crippen LogP contribution in [-0.4, -0.2) is 65.4 Å². The molecule has 234 valence electrons. The van der Waals surface area contributed by atoms with Gasteiger partial charge in [-0.2, -0.15) is 0 Å². The molecule has 0 bridgehead atoms. The van der Waals surface area contributed by atoms with E-state index in [1.165, 1.54) is 109 Å². The van der Waals surface area contributed by atoms with E-state index in [1.54, 1.807) is 0 Å². The first-order chi connectivity index (χ1) is 19.3. The van der Waals surface area contributed by atoms with E-state index in [0.29, 0.717) is 59.3 Å². The van der Waals surface area contributed by atoms with E-state index in [0.717, 1.165) is 25.9 Å². The van der Waals surface area contributed by atoms with E-state index >= 15 is 0 Å². The maximum absolute atomic E-state index is 11.7. The number of unbranched alkanes of at least 4 members (excludes halogenated alkanes) is 18. The Morgan fingerprint density at radius 3 is 1.08 bits per heavy atom. The molecule has 0 aromatic rings. The second-order valence-corrected chi connectivity index (χ2v) is 10.8. The third-order valence-electron chi connectivity index (χ3n) is 6.98. The maximum atomic E-state index is 11.7. The minimum absolute atomic E-state index is 0.113. The van der Waals surface area contributed by atoms with Crippen molar-refractivity contribution in [3.05, 3.63) is 0 Å². The van der Waals surface area contributed by atoms with Gasteiger partial charge in [-0.05, 0) is 12.8 Å². The molecule has 39 heavy (non-hydrogen) atoms. The van der Waals surface area contributed by atoms with E-state index in [1.807, 2.05) is 0 Å². The molecule has 0 aliphatic heterocycles. The number of esters is 1. The Hall–Kier alpha value is -0.690. The minimum Gasteiger partial charge on any atom is -0.463 e. The fourth-order valence-electron chi connectivity index (χ4n) is 4.50. The quantitative estimate of drug-likeness (QED) is 0.0581. The lowest BCUT2D eigenvalue weighted by Gasteiger charge is -2.08. The molecule has 0 amide bonds. The molecule has 0 aromatic carbocycles. The Labute approximate surface area is 242 Å². The third kappa shape index (κ3) is 35.3. The van der Waals surface area contributed by atoms with Gasteiger partial charge in [0.2, 0.25) is 0 Å². The van der Waals surface area contributed by atoms with Gasteiger partial charge in [0, 0.05) is 13.0 Å². The summed E-state index contributed by atoms with van der Waals surface area (Å²) in [5, 5.41) is 0. The molecule has 0 unspecified atom stereocenters. The van der Waals surface area contributed by atoms with E-state index in [4.69, 9.17) is 23.7 Å². The number of carbonyl (C=O) groups is 1. The summed E-state index contributed by atoms with van der Waals surface area (Å²) in [6.07, 6.45) is 26.7. The van der Waals surface area contributed by atoms with Gasteiger partial charge in [-0.25, -0.2) is 0 Å². The Kier molecular flexibility index (Phi) is 34.7. The van der Waals surface area contributed by atoms with E-state index in [-0.39, 0.29) is 5.97 Å². The molecule has 0 saturated heterocycles. The molecule has 0 spiro atoms. The van der Waals surface area contributed by atoms with Gasteiger partial charge in [0.15, 0.2) is 0 Å². The van der Waals surface area contributed by atoms with Gasteiger partial charge < -0.3 is 23.7 Å². The van der Waals surface area contributed by atoms with Crippen LogP contribution in [0.3, 0.4) is 0 Å². The number of carbonyl (C=O) groups excluding carboxylic acids is 1. The normalized spacial score (nSPS) is 11.3. The van der Waals surface area contributed by atoms with Crippen LogP contribution in [0.15, 0.2) is 0 Å². The highest BCUT2D eigenvalue weighted by Gasteiger charge is 2.02. The standard InChI is InChI=1S/C33H66O6/c1-3-5-7-9-11-13-14-16-18-20-22-24-35-25-26-36-27-28-37-29-30-38-31-32-39-33(34)23-21-19-17-15-12-10-8-6-4-2/h3-32H2,1-2H3. The van der Waals surface area contributed by atoms with Gasteiger partial charge >= 0.3 is 5.97 Å². The highest BCUT2D eigenvalue weighted by atomic mass is 16.6. The van der Waals surface area contributed by atoms with Crippen molar-refractivity contribution in [2.24, 2.45) is 0 Å². The minimum atomic E-state index is -0.113. The lowest BCUT2D eigenvalue weighted by Crippen LogP contribution is -2.14. The predicted molar refractivity (Wildman–Crippen MR) is 163 cm³/mol. The van der Waals surface area contributed by atoms with Crippen LogP contribution in [0.2, 0.25) is 0 Å². The first kappa shape index (κ1) is 38.3. The average molecular weight is 559 g/mol. The van der Waals surface area contributed by atoms with Gasteiger partial charge in [0.05, 0.1) is 46.2 Å². The number of hydrogen-bond donors (Lipinski definition) is 0. The summed E-state index contributed by atoms with van der Waals surface area (Å²) in [6.45, 7) is 9.49. The van der Waals surface area contributed by atoms with Gasteiger partial charge in [-0.1, -0.05) is 129 Å². The van der Waals surface area contributed by atoms with Gasteiger partial charge in [-0.3, -0.25) is 4.79 Å². The molecule has 0 heterocycles. The molecular formula is C33H66O6. The lowest BCUT2D eigenvalue weighted by molar-refractivity contribution is -0.145. The zero-order valence-electron chi connectivity index (χ0n) is 26.2. The lowest BCUT2D eigenvalue weighted by atomic mass is 10.1. The summed E-state index contributed by atoms with van der Waals surface area (Å²) >= 11 is 0. The Bertz CT molecular complexity index is 459. The Morgan fingerprint density at radius 1 is 0.359 bits per heavy atom. The summed E-state index contributed by atoms with van der Waals surface area (Å²) in [7, 11) is 0. The molecule has 0 radical (unpaired) electrons. The monoisotopic (exact) mass is 558 g/mol.